The number of hydrogen-bond donors (Lipinski definition) is 3. The van der Waals surface area contributed by atoms with E-state index in [0.717, 1.165) is 13.1 Å². The minimum atomic E-state index is 0. The summed E-state index contributed by atoms with van der Waals surface area (Å²) in [4.78, 5) is 0. The summed E-state index contributed by atoms with van der Waals surface area (Å²) < 4.78 is 0. The summed E-state index contributed by atoms with van der Waals surface area (Å²) in [6.07, 6.45) is 6.52. The molecule has 0 fully saturated rings. The normalized spacial score (nSPS) is 8.82. The Labute approximate surface area is 125 Å². The number of rotatable bonds is 11. The summed E-state index contributed by atoms with van der Waals surface area (Å²) >= 11 is 0. The summed E-state index contributed by atoms with van der Waals surface area (Å²) in [7, 11) is 4.02. The van der Waals surface area contributed by atoms with Gasteiger partial charge in [-0.05, 0) is 66.0 Å². The van der Waals surface area contributed by atoms with E-state index in [-0.39, 0.29) is 37.2 Å². The van der Waals surface area contributed by atoms with Gasteiger partial charge in [-0.2, -0.15) is 0 Å². The van der Waals surface area contributed by atoms with Crippen molar-refractivity contribution in [2.24, 2.45) is 0 Å². The van der Waals surface area contributed by atoms with Gasteiger partial charge in [0.1, 0.15) is 0 Å². The van der Waals surface area contributed by atoms with E-state index in [4.69, 9.17) is 0 Å². The fourth-order valence-corrected chi connectivity index (χ4v) is 1.41. The molecule has 0 radical (unpaired) electrons. The average molecular weight is 311 g/mol. The molecular formula is C11H30Cl3N3. The molecule has 0 aromatic rings. The van der Waals surface area contributed by atoms with Crippen LogP contribution in [0.15, 0.2) is 0 Å². The second kappa shape index (κ2) is 25.6. The van der Waals surface area contributed by atoms with Gasteiger partial charge in [0.05, 0.1) is 0 Å². The van der Waals surface area contributed by atoms with Crippen molar-refractivity contribution in [1.82, 2.24) is 16.0 Å². The third-order valence-corrected chi connectivity index (χ3v) is 2.31. The first kappa shape index (κ1) is 26.3. The summed E-state index contributed by atoms with van der Waals surface area (Å²) in [6.45, 7) is 4.66. The van der Waals surface area contributed by atoms with Gasteiger partial charge in [-0.25, -0.2) is 0 Å². The lowest BCUT2D eigenvalue weighted by Crippen LogP contribution is -2.18. The van der Waals surface area contributed by atoms with E-state index in [1.54, 1.807) is 0 Å². The predicted molar refractivity (Wildman–Crippen MR) is 85.6 cm³/mol. The van der Waals surface area contributed by atoms with E-state index in [1.165, 1.54) is 45.2 Å². The Hall–Kier alpha value is 0.750. The third kappa shape index (κ3) is 26.4. The number of hydrogen-bond acceptors (Lipinski definition) is 3. The maximum atomic E-state index is 3.47. The first-order chi connectivity index (χ1) is 6.91. The minimum absolute atomic E-state index is 0. The average Bonchev–Trinajstić information content (AvgIpc) is 2.21. The molecule has 0 aliphatic carbocycles. The van der Waals surface area contributed by atoms with Crippen LogP contribution in [0.2, 0.25) is 0 Å². The second-order valence-electron chi connectivity index (χ2n) is 3.72. The van der Waals surface area contributed by atoms with Crippen molar-refractivity contribution in [1.29, 1.82) is 0 Å². The zero-order valence-corrected chi connectivity index (χ0v) is 13.5. The zero-order valence-electron chi connectivity index (χ0n) is 11.1. The van der Waals surface area contributed by atoms with Gasteiger partial charge in [0, 0.05) is 0 Å². The Balaban J connectivity index is -0.000000282. The molecule has 0 spiro atoms. The summed E-state index contributed by atoms with van der Waals surface area (Å²) in [6, 6.07) is 0. The van der Waals surface area contributed by atoms with Crippen molar-refractivity contribution in [3.05, 3.63) is 0 Å². The Bertz CT molecular complexity index is 96.0. The molecule has 3 N–H and O–H groups in total. The van der Waals surface area contributed by atoms with Gasteiger partial charge >= 0.3 is 0 Å². The lowest BCUT2D eigenvalue weighted by atomic mass is 10.2. The molecule has 0 heterocycles. The summed E-state index contributed by atoms with van der Waals surface area (Å²) in [5, 5.41) is 9.80. The molecule has 0 unspecified atom stereocenters. The van der Waals surface area contributed by atoms with E-state index in [1.807, 2.05) is 14.1 Å². The van der Waals surface area contributed by atoms with Crippen LogP contribution in [0.5, 0.6) is 0 Å². The monoisotopic (exact) mass is 309 g/mol. The van der Waals surface area contributed by atoms with Crippen LogP contribution < -0.4 is 16.0 Å². The standard InChI is InChI=1S/C11H27N3.3ClH/c1-12-8-4-3-5-10-14-11-7-6-9-13-2;;;/h12-14H,3-11H2,1-2H3;3*1H. The van der Waals surface area contributed by atoms with Gasteiger partial charge in [0.2, 0.25) is 0 Å². The first-order valence-electron chi connectivity index (χ1n) is 5.91. The van der Waals surface area contributed by atoms with E-state index in [2.05, 4.69) is 16.0 Å². The highest BCUT2D eigenvalue weighted by Gasteiger charge is 1.89. The number of halogens is 3. The molecule has 3 nitrogen and oxygen atoms in total. The van der Waals surface area contributed by atoms with Crippen molar-refractivity contribution in [3.63, 3.8) is 0 Å². The number of unbranched alkanes of at least 4 members (excludes halogenated alkanes) is 3. The molecule has 0 bridgehead atoms. The quantitative estimate of drug-likeness (QED) is 0.512. The van der Waals surface area contributed by atoms with E-state index in [0.29, 0.717) is 0 Å². The maximum Gasteiger partial charge on any atom is -0.00484 e. The molecule has 0 aromatic heterocycles. The Morgan fingerprint density at radius 3 is 1.35 bits per heavy atom. The molecule has 110 valence electrons. The van der Waals surface area contributed by atoms with Gasteiger partial charge < -0.3 is 16.0 Å². The fraction of sp³-hybridized carbons (Fsp3) is 1.00. The molecular weight excluding hydrogens is 281 g/mol. The molecule has 17 heavy (non-hydrogen) atoms. The van der Waals surface area contributed by atoms with Crippen molar-refractivity contribution < 1.29 is 0 Å². The van der Waals surface area contributed by atoms with Crippen molar-refractivity contribution in [2.75, 3.05) is 40.3 Å². The van der Waals surface area contributed by atoms with Gasteiger partial charge in [-0.15, -0.1) is 37.2 Å². The smallest absolute Gasteiger partial charge is 0.00484 e. The first-order valence-corrected chi connectivity index (χ1v) is 5.91. The molecule has 0 rings (SSSR count). The van der Waals surface area contributed by atoms with Crippen LogP contribution in [0.4, 0.5) is 0 Å². The predicted octanol–water partition coefficient (Wildman–Crippen LogP) is 2.23. The highest BCUT2D eigenvalue weighted by molar-refractivity contribution is 5.86. The van der Waals surface area contributed by atoms with Crippen LogP contribution in [-0.2, 0) is 0 Å². The molecule has 0 amide bonds. The van der Waals surface area contributed by atoms with Gasteiger partial charge in [0.25, 0.3) is 0 Å². The third-order valence-electron chi connectivity index (χ3n) is 2.31. The molecule has 0 saturated heterocycles. The lowest BCUT2D eigenvalue weighted by molar-refractivity contribution is 0.565. The van der Waals surface area contributed by atoms with Crippen LogP contribution >= 0.6 is 37.2 Å². The second-order valence-corrected chi connectivity index (χ2v) is 3.72. The van der Waals surface area contributed by atoms with Crippen LogP contribution in [0.25, 0.3) is 0 Å². The Morgan fingerprint density at radius 2 is 0.882 bits per heavy atom. The lowest BCUT2D eigenvalue weighted by Gasteiger charge is -2.04. The van der Waals surface area contributed by atoms with Crippen LogP contribution in [0.3, 0.4) is 0 Å². The van der Waals surface area contributed by atoms with Crippen molar-refractivity contribution in [3.8, 4) is 0 Å². The van der Waals surface area contributed by atoms with E-state index >= 15 is 0 Å². The van der Waals surface area contributed by atoms with E-state index < -0.39 is 0 Å². The molecule has 0 atom stereocenters. The molecule has 6 heteroatoms. The Morgan fingerprint density at radius 1 is 0.529 bits per heavy atom. The SMILES string of the molecule is CNCCCCCNCCCCNC.Cl.Cl.Cl. The maximum absolute atomic E-state index is 3.47. The van der Waals surface area contributed by atoms with Crippen LogP contribution in [0.1, 0.15) is 32.1 Å². The Kier molecular flexibility index (Phi) is 39.6. The molecule has 0 saturated carbocycles. The molecule has 0 aliphatic rings. The van der Waals surface area contributed by atoms with Gasteiger partial charge in [-0.1, -0.05) is 6.42 Å². The summed E-state index contributed by atoms with van der Waals surface area (Å²) in [5.74, 6) is 0. The largest absolute Gasteiger partial charge is 0.320 e. The van der Waals surface area contributed by atoms with Crippen LogP contribution in [0, 0.1) is 0 Å². The minimum Gasteiger partial charge on any atom is -0.320 e. The number of nitrogens with one attached hydrogen (secondary N) is 3. The highest BCUT2D eigenvalue weighted by Crippen LogP contribution is 1.92. The topological polar surface area (TPSA) is 36.1 Å². The summed E-state index contributed by atoms with van der Waals surface area (Å²) in [5.41, 5.74) is 0. The van der Waals surface area contributed by atoms with Gasteiger partial charge in [0.15, 0.2) is 0 Å². The van der Waals surface area contributed by atoms with Crippen molar-refractivity contribution >= 4 is 37.2 Å². The molecule has 0 aliphatic heterocycles. The molecule has 0 aromatic carbocycles. The fourth-order valence-electron chi connectivity index (χ4n) is 1.41. The van der Waals surface area contributed by atoms with Crippen molar-refractivity contribution in [2.45, 2.75) is 32.1 Å². The van der Waals surface area contributed by atoms with E-state index in [9.17, 15) is 0 Å². The zero-order chi connectivity index (χ0) is 10.5. The van der Waals surface area contributed by atoms with Gasteiger partial charge in [-0.3, -0.25) is 0 Å². The highest BCUT2D eigenvalue weighted by atomic mass is 35.5. The van der Waals surface area contributed by atoms with Crippen LogP contribution in [-0.4, -0.2) is 40.3 Å².